The molecule has 0 amide bonds. The van der Waals surface area contributed by atoms with Gasteiger partial charge in [-0.25, -0.2) is 4.39 Å². The van der Waals surface area contributed by atoms with Gasteiger partial charge in [-0.1, -0.05) is 35.9 Å². The number of aryl methyl sites for hydroxylation is 1. The standard InChI is InChI=1S/C16H17ClFNO/c1-10-6-7-11(9-15(10)20-2)14(19)8-12-4-3-5-13(18)16(12)17/h3-7,9,14H,8,19H2,1-2H3. The molecule has 20 heavy (non-hydrogen) atoms. The summed E-state index contributed by atoms with van der Waals surface area (Å²) in [6, 6.07) is 10.3. The lowest BCUT2D eigenvalue weighted by Gasteiger charge is -2.15. The van der Waals surface area contributed by atoms with Crippen LogP contribution in [0.25, 0.3) is 0 Å². The van der Waals surface area contributed by atoms with Crippen molar-refractivity contribution in [1.82, 2.24) is 0 Å². The second kappa shape index (κ2) is 6.25. The maximum Gasteiger partial charge on any atom is 0.142 e. The molecule has 0 aliphatic carbocycles. The van der Waals surface area contributed by atoms with Gasteiger partial charge in [0.05, 0.1) is 12.1 Å². The van der Waals surface area contributed by atoms with Gasteiger partial charge in [-0.2, -0.15) is 0 Å². The molecular weight excluding hydrogens is 277 g/mol. The summed E-state index contributed by atoms with van der Waals surface area (Å²) in [6.07, 6.45) is 0.475. The molecule has 0 saturated heterocycles. The number of halogens is 2. The van der Waals surface area contributed by atoms with E-state index in [0.29, 0.717) is 12.0 Å². The third-order valence-electron chi connectivity index (χ3n) is 3.33. The summed E-state index contributed by atoms with van der Waals surface area (Å²) in [5, 5.41) is 0.141. The van der Waals surface area contributed by atoms with E-state index in [2.05, 4.69) is 0 Å². The maximum atomic E-state index is 13.4. The Morgan fingerprint density at radius 1 is 1.30 bits per heavy atom. The Morgan fingerprint density at radius 3 is 2.75 bits per heavy atom. The number of ether oxygens (including phenoxy) is 1. The largest absolute Gasteiger partial charge is 0.496 e. The predicted octanol–water partition coefficient (Wildman–Crippen LogP) is 4.04. The summed E-state index contributed by atoms with van der Waals surface area (Å²) in [5.41, 5.74) is 8.88. The highest BCUT2D eigenvalue weighted by Crippen LogP contribution is 2.27. The highest BCUT2D eigenvalue weighted by atomic mass is 35.5. The number of hydrogen-bond donors (Lipinski definition) is 1. The lowest BCUT2D eigenvalue weighted by atomic mass is 9.98. The van der Waals surface area contributed by atoms with Crippen molar-refractivity contribution < 1.29 is 9.13 Å². The van der Waals surface area contributed by atoms with Gasteiger partial charge in [-0.15, -0.1) is 0 Å². The third kappa shape index (κ3) is 3.11. The molecule has 0 saturated carbocycles. The summed E-state index contributed by atoms with van der Waals surface area (Å²) >= 11 is 5.95. The first-order chi connectivity index (χ1) is 9.52. The molecule has 1 atom stereocenters. The quantitative estimate of drug-likeness (QED) is 0.923. The normalized spacial score (nSPS) is 12.2. The van der Waals surface area contributed by atoms with E-state index in [1.165, 1.54) is 6.07 Å². The second-order valence-electron chi connectivity index (χ2n) is 4.75. The SMILES string of the molecule is COc1cc(C(N)Cc2cccc(F)c2Cl)ccc1C. The first-order valence-electron chi connectivity index (χ1n) is 6.36. The third-order valence-corrected chi connectivity index (χ3v) is 3.75. The Hall–Kier alpha value is -1.58. The Morgan fingerprint density at radius 2 is 2.05 bits per heavy atom. The molecule has 0 aromatic heterocycles. The molecule has 4 heteroatoms. The molecule has 0 aliphatic heterocycles. The van der Waals surface area contributed by atoms with Crippen LogP contribution in [0.3, 0.4) is 0 Å². The summed E-state index contributed by atoms with van der Waals surface area (Å²) < 4.78 is 18.7. The highest BCUT2D eigenvalue weighted by molar-refractivity contribution is 6.31. The fourth-order valence-electron chi connectivity index (χ4n) is 2.13. The molecule has 1 unspecified atom stereocenters. The number of rotatable bonds is 4. The van der Waals surface area contributed by atoms with E-state index in [4.69, 9.17) is 22.1 Å². The van der Waals surface area contributed by atoms with Crippen molar-refractivity contribution in [3.05, 3.63) is 63.9 Å². The Labute approximate surface area is 123 Å². The van der Waals surface area contributed by atoms with Crippen molar-refractivity contribution in [2.24, 2.45) is 5.73 Å². The molecule has 0 heterocycles. The van der Waals surface area contributed by atoms with Crippen LogP contribution < -0.4 is 10.5 Å². The topological polar surface area (TPSA) is 35.2 Å². The molecule has 0 aliphatic rings. The molecule has 2 N–H and O–H groups in total. The molecule has 2 aromatic carbocycles. The zero-order valence-electron chi connectivity index (χ0n) is 11.5. The van der Waals surface area contributed by atoms with Gasteiger partial charge in [0.1, 0.15) is 11.6 Å². The molecular formula is C16H17ClFNO. The second-order valence-corrected chi connectivity index (χ2v) is 5.13. The smallest absolute Gasteiger partial charge is 0.142 e. The minimum atomic E-state index is -0.419. The van der Waals surface area contributed by atoms with E-state index in [1.54, 1.807) is 19.2 Å². The van der Waals surface area contributed by atoms with Crippen molar-refractivity contribution in [3.8, 4) is 5.75 Å². The van der Waals surface area contributed by atoms with Crippen LogP contribution in [-0.2, 0) is 6.42 Å². The molecule has 106 valence electrons. The van der Waals surface area contributed by atoms with Crippen molar-refractivity contribution >= 4 is 11.6 Å². The van der Waals surface area contributed by atoms with Gasteiger partial charge >= 0.3 is 0 Å². The molecule has 0 spiro atoms. The Kier molecular flexibility index (Phi) is 4.63. The maximum absolute atomic E-state index is 13.4. The van der Waals surface area contributed by atoms with Crippen molar-refractivity contribution in [3.63, 3.8) is 0 Å². The number of benzene rings is 2. The van der Waals surface area contributed by atoms with Gasteiger partial charge < -0.3 is 10.5 Å². The number of methoxy groups -OCH3 is 1. The van der Waals surface area contributed by atoms with Gasteiger partial charge in [0.2, 0.25) is 0 Å². The highest BCUT2D eigenvalue weighted by Gasteiger charge is 2.13. The lowest BCUT2D eigenvalue weighted by molar-refractivity contribution is 0.410. The first kappa shape index (κ1) is 14.8. The van der Waals surface area contributed by atoms with Gasteiger partial charge in [-0.05, 0) is 42.2 Å². The first-order valence-corrected chi connectivity index (χ1v) is 6.73. The van der Waals surface area contributed by atoms with Crippen LogP contribution in [0.15, 0.2) is 36.4 Å². The van der Waals surface area contributed by atoms with Gasteiger partial charge in [0, 0.05) is 6.04 Å². The van der Waals surface area contributed by atoms with Crippen molar-refractivity contribution in [2.45, 2.75) is 19.4 Å². The van der Waals surface area contributed by atoms with Crippen LogP contribution in [0, 0.1) is 12.7 Å². The predicted molar refractivity (Wildman–Crippen MR) is 79.8 cm³/mol. The molecule has 0 bridgehead atoms. The zero-order valence-corrected chi connectivity index (χ0v) is 12.2. The van der Waals surface area contributed by atoms with E-state index >= 15 is 0 Å². The van der Waals surface area contributed by atoms with Crippen molar-refractivity contribution in [2.75, 3.05) is 7.11 Å². The fourth-order valence-corrected chi connectivity index (χ4v) is 2.33. The van der Waals surface area contributed by atoms with E-state index in [-0.39, 0.29) is 11.1 Å². The Bertz CT molecular complexity index is 615. The summed E-state index contributed by atoms with van der Waals surface area (Å²) in [4.78, 5) is 0. The fraction of sp³-hybridized carbons (Fsp3) is 0.250. The minimum Gasteiger partial charge on any atom is -0.496 e. The number of nitrogens with two attached hydrogens (primary N) is 1. The monoisotopic (exact) mass is 293 g/mol. The van der Waals surface area contributed by atoms with E-state index in [0.717, 1.165) is 16.9 Å². The van der Waals surface area contributed by atoms with E-state index in [9.17, 15) is 4.39 Å². The van der Waals surface area contributed by atoms with Crippen LogP contribution in [0.1, 0.15) is 22.7 Å². The van der Waals surface area contributed by atoms with Crippen molar-refractivity contribution in [1.29, 1.82) is 0 Å². The molecule has 0 fully saturated rings. The van der Waals surface area contributed by atoms with E-state index in [1.807, 2.05) is 25.1 Å². The molecule has 2 nitrogen and oxygen atoms in total. The Balaban J connectivity index is 2.24. The van der Waals surface area contributed by atoms with Gasteiger partial charge in [0.15, 0.2) is 0 Å². The minimum absolute atomic E-state index is 0.141. The number of hydrogen-bond acceptors (Lipinski definition) is 2. The molecule has 2 rings (SSSR count). The molecule has 2 aromatic rings. The van der Waals surface area contributed by atoms with Crippen LogP contribution >= 0.6 is 11.6 Å². The van der Waals surface area contributed by atoms with Gasteiger partial charge in [-0.3, -0.25) is 0 Å². The van der Waals surface area contributed by atoms with Gasteiger partial charge in [0.25, 0.3) is 0 Å². The van der Waals surface area contributed by atoms with E-state index < -0.39 is 5.82 Å². The van der Waals surface area contributed by atoms with Crippen LogP contribution in [0.2, 0.25) is 5.02 Å². The average Bonchev–Trinajstić information content (AvgIpc) is 2.44. The average molecular weight is 294 g/mol. The zero-order chi connectivity index (χ0) is 14.7. The van der Waals surface area contributed by atoms with Crippen LogP contribution in [0.4, 0.5) is 4.39 Å². The molecule has 0 radical (unpaired) electrons. The lowest BCUT2D eigenvalue weighted by Crippen LogP contribution is -2.14. The summed E-state index contributed by atoms with van der Waals surface area (Å²) in [7, 11) is 1.63. The van der Waals surface area contributed by atoms with Crippen LogP contribution in [0.5, 0.6) is 5.75 Å². The summed E-state index contributed by atoms with van der Waals surface area (Å²) in [6.45, 7) is 1.97. The summed E-state index contributed by atoms with van der Waals surface area (Å²) in [5.74, 6) is 0.376. The van der Waals surface area contributed by atoms with Crippen LogP contribution in [-0.4, -0.2) is 7.11 Å².